The molecule has 1 amide bonds. The van der Waals surface area contributed by atoms with E-state index in [4.69, 9.17) is 4.74 Å². The molecule has 3 rings (SSSR count). The number of rotatable bonds is 4. The van der Waals surface area contributed by atoms with Crippen molar-refractivity contribution < 1.29 is 9.53 Å². The van der Waals surface area contributed by atoms with Gasteiger partial charge < -0.3 is 9.64 Å². The molecule has 1 aliphatic heterocycles. The van der Waals surface area contributed by atoms with Gasteiger partial charge >= 0.3 is 0 Å². The zero-order chi connectivity index (χ0) is 16.1. The molecular formula is C16H21N5O2. The number of aromatic nitrogens is 4. The minimum Gasteiger partial charge on any atom is -0.379 e. The third-order valence-corrected chi connectivity index (χ3v) is 3.92. The highest BCUT2D eigenvalue weighted by atomic mass is 16.5. The minimum atomic E-state index is -0.0353. The van der Waals surface area contributed by atoms with E-state index < -0.39 is 0 Å². The minimum absolute atomic E-state index is 0.0353. The molecule has 7 nitrogen and oxygen atoms in total. The summed E-state index contributed by atoms with van der Waals surface area (Å²) in [6.07, 6.45) is 7.69. The highest BCUT2D eigenvalue weighted by Crippen LogP contribution is 2.14. The summed E-state index contributed by atoms with van der Waals surface area (Å²) < 4.78 is 7.42. The van der Waals surface area contributed by atoms with Gasteiger partial charge in [-0.3, -0.25) is 19.4 Å². The molecule has 1 atom stereocenters. The van der Waals surface area contributed by atoms with Crippen LogP contribution in [0.2, 0.25) is 0 Å². The van der Waals surface area contributed by atoms with Crippen LogP contribution in [0.3, 0.4) is 0 Å². The number of aryl methyl sites for hydroxylation is 1. The van der Waals surface area contributed by atoms with Gasteiger partial charge in [-0.2, -0.15) is 5.10 Å². The second-order valence-corrected chi connectivity index (χ2v) is 5.65. The summed E-state index contributed by atoms with van der Waals surface area (Å²) in [4.78, 5) is 22.9. The van der Waals surface area contributed by atoms with E-state index in [0.29, 0.717) is 32.0 Å². The van der Waals surface area contributed by atoms with Gasteiger partial charge in [0.15, 0.2) is 0 Å². The van der Waals surface area contributed by atoms with E-state index in [1.54, 1.807) is 29.3 Å². The van der Waals surface area contributed by atoms with Crippen molar-refractivity contribution in [2.75, 3.05) is 26.3 Å². The molecule has 2 aromatic heterocycles. The number of hydrogen-bond donors (Lipinski definition) is 0. The van der Waals surface area contributed by atoms with Crippen molar-refractivity contribution in [1.82, 2.24) is 24.6 Å². The summed E-state index contributed by atoms with van der Waals surface area (Å²) >= 11 is 0. The quantitative estimate of drug-likeness (QED) is 0.842. The van der Waals surface area contributed by atoms with Crippen LogP contribution in [-0.2, 0) is 17.7 Å². The third kappa shape index (κ3) is 3.92. The average Bonchev–Trinajstić information content (AvgIpc) is 2.95. The first-order valence-corrected chi connectivity index (χ1v) is 7.91. The number of carbonyl (C=O) groups excluding carboxylic acids is 1. The second-order valence-electron chi connectivity index (χ2n) is 5.65. The fourth-order valence-corrected chi connectivity index (χ4v) is 2.73. The molecule has 0 spiro atoms. The SMILES string of the molecule is CCn1ccc(C(=O)N2CCOC[C@@H](Cc3cnccn3)C2)n1. The third-order valence-electron chi connectivity index (χ3n) is 3.92. The molecule has 122 valence electrons. The lowest BCUT2D eigenvalue weighted by atomic mass is 10.0. The molecule has 0 radical (unpaired) electrons. The Balaban J connectivity index is 1.68. The van der Waals surface area contributed by atoms with E-state index in [-0.39, 0.29) is 11.8 Å². The van der Waals surface area contributed by atoms with E-state index in [2.05, 4.69) is 15.1 Å². The van der Waals surface area contributed by atoms with Crippen LogP contribution in [0.25, 0.3) is 0 Å². The lowest BCUT2D eigenvalue weighted by Gasteiger charge is -2.22. The molecule has 3 heterocycles. The lowest BCUT2D eigenvalue weighted by molar-refractivity contribution is 0.0730. The van der Waals surface area contributed by atoms with Gasteiger partial charge in [0.1, 0.15) is 5.69 Å². The summed E-state index contributed by atoms with van der Waals surface area (Å²) in [7, 11) is 0. The molecule has 0 N–H and O–H groups in total. The van der Waals surface area contributed by atoms with Gasteiger partial charge in [-0.25, -0.2) is 0 Å². The fourth-order valence-electron chi connectivity index (χ4n) is 2.73. The molecule has 7 heteroatoms. The molecule has 23 heavy (non-hydrogen) atoms. The van der Waals surface area contributed by atoms with Gasteiger partial charge in [0.05, 0.1) is 18.9 Å². The molecule has 0 aliphatic carbocycles. The first-order chi connectivity index (χ1) is 11.3. The van der Waals surface area contributed by atoms with Gasteiger partial charge in [-0.1, -0.05) is 0 Å². The molecule has 0 saturated carbocycles. The van der Waals surface area contributed by atoms with Crippen LogP contribution >= 0.6 is 0 Å². The summed E-state index contributed by atoms with van der Waals surface area (Å²) in [6, 6.07) is 1.77. The summed E-state index contributed by atoms with van der Waals surface area (Å²) in [5.41, 5.74) is 1.41. The summed E-state index contributed by atoms with van der Waals surface area (Å²) in [5, 5.41) is 4.31. The Bertz CT molecular complexity index is 643. The van der Waals surface area contributed by atoms with Crippen molar-refractivity contribution in [2.45, 2.75) is 19.9 Å². The van der Waals surface area contributed by atoms with Crippen LogP contribution in [0.5, 0.6) is 0 Å². The monoisotopic (exact) mass is 315 g/mol. The topological polar surface area (TPSA) is 73.1 Å². The van der Waals surface area contributed by atoms with Crippen molar-refractivity contribution in [1.29, 1.82) is 0 Å². The van der Waals surface area contributed by atoms with Gasteiger partial charge in [0.2, 0.25) is 0 Å². The Kier molecular flexibility index (Phi) is 4.97. The summed E-state index contributed by atoms with van der Waals surface area (Å²) in [5.74, 6) is 0.179. The second kappa shape index (κ2) is 7.32. The van der Waals surface area contributed by atoms with E-state index in [1.165, 1.54) is 0 Å². The fraction of sp³-hybridized carbons (Fsp3) is 0.500. The number of hydrogen-bond acceptors (Lipinski definition) is 5. The largest absolute Gasteiger partial charge is 0.379 e. The Morgan fingerprint density at radius 3 is 3.09 bits per heavy atom. The van der Waals surface area contributed by atoms with E-state index >= 15 is 0 Å². The number of amides is 1. The highest BCUT2D eigenvalue weighted by molar-refractivity contribution is 5.92. The zero-order valence-corrected chi connectivity index (χ0v) is 13.3. The summed E-state index contributed by atoms with van der Waals surface area (Å²) in [6.45, 7) is 5.17. The predicted molar refractivity (Wildman–Crippen MR) is 83.8 cm³/mol. The molecule has 2 aromatic rings. The maximum absolute atomic E-state index is 12.6. The Morgan fingerprint density at radius 1 is 1.43 bits per heavy atom. The predicted octanol–water partition coefficient (Wildman–Crippen LogP) is 1.02. The average molecular weight is 315 g/mol. The Hall–Kier alpha value is -2.28. The van der Waals surface area contributed by atoms with E-state index in [0.717, 1.165) is 18.7 Å². The first kappa shape index (κ1) is 15.6. The zero-order valence-electron chi connectivity index (χ0n) is 13.3. The molecule has 1 fully saturated rings. The van der Waals surface area contributed by atoms with Gasteiger partial charge in [0, 0.05) is 50.3 Å². The standard InChI is InChI=1S/C16H21N5O2/c1-2-21-6-3-15(19-21)16(22)20-7-8-23-12-13(11-20)9-14-10-17-4-5-18-14/h3-6,10,13H,2,7-9,11-12H2,1H3/t13-/m0/s1. The van der Waals surface area contributed by atoms with Crippen molar-refractivity contribution in [3.8, 4) is 0 Å². The maximum Gasteiger partial charge on any atom is 0.274 e. The maximum atomic E-state index is 12.6. The van der Waals surface area contributed by atoms with E-state index in [1.807, 2.05) is 18.0 Å². The number of carbonyl (C=O) groups is 1. The van der Waals surface area contributed by atoms with Gasteiger partial charge in [0.25, 0.3) is 5.91 Å². The Labute approximate surface area is 135 Å². The molecule has 0 unspecified atom stereocenters. The van der Waals surface area contributed by atoms with Crippen molar-refractivity contribution in [3.63, 3.8) is 0 Å². The number of nitrogens with zero attached hydrogens (tertiary/aromatic N) is 5. The molecule has 1 saturated heterocycles. The number of ether oxygens (including phenoxy) is 1. The highest BCUT2D eigenvalue weighted by Gasteiger charge is 2.25. The van der Waals surface area contributed by atoms with Crippen LogP contribution in [0.4, 0.5) is 0 Å². The van der Waals surface area contributed by atoms with Crippen LogP contribution in [0, 0.1) is 5.92 Å². The molecule has 0 aromatic carbocycles. The molecule has 0 bridgehead atoms. The normalized spacial score (nSPS) is 18.7. The van der Waals surface area contributed by atoms with Crippen molar-refractivity contribution in [3.05, 3.63) is 42.2 Å². The Morgan fingerprint density at radius 2 is 2.35 bits per heavy atom. The smallest absolute Gasteiger partial charge is 0.274 e. The van der Waals surface area contributed by atoms with E-state index in [9.17, 15) is 4.79 Å². The van der Waals surface area contributed by atoms with Crippen LogP contribution < -0.4 is 0 Å². The lowest BCUT2D eigenvalue weighted by Crippen LogP contribution is -2.36. The van der Waals surface area contributed by atoms with Crippen LogP contribution in [-0.4, -0.2) is 56.9 Å². The van der Waals surface area contributed by atoms with Gasteiger partial charge in [-0.05, 0) is 19.4 Å². The first-order valence-electron chi connectivity index (χ1n) is 7.91. The molecular weight excluding hydrogens is 294 g/mol. The van der Waals surface area contributed by atoms with Crippen LogP contribution in [0.1, 0.15) is 23.1 Å². The van der Waals surface area contributed by atoms with Gasteiger partial charge in [-0.15, -0.1) is 0 Å². The van der Waals surface area contributed by atoms with Crippen molar-refractivity contribution in [2.24, 2.45) is 5.92 Å². The van der Waals surface area contributed by atoms with Crippen molar-refractivity contribution >= 4 is 5.91 Å². The molecule has 1 aliphatic rings. The van der Waals surface area contributed by atoms with Crippen LogP contribution in [0.15, 0.2) is 30.9 Å².